The lowest BCUT2D eigenvalue weighted by atomic mass is 9.91. The van der Waals surface area contributed by atoms with Crippen molar-refractivity contribution in [3.05, 3.63) is 87.3 Å². The molecule has 2 aliphatic heterocycles. The minimum atomic E-state index is -0.931. The summed E-state index contributed by atoms with van der Waals surface area (Å²) in [4.78, 5) is 43.2. The zero-order valence-corrected chi connectivity index (χ0v) is 21.7. The number of ether oxygens (including phenoxy) is 1. The molecule has 2 heterocycles. The van der Waals surface area contributed by atoms with Crippen LogP contribution in [0.15, 0.2) is 70.6 Å². The molecule has 0 bridgehead atoms. The molecule has 3 amide bonds. The van der Waals surface area contributed by atoms with Crippen molar-refractivity contribution in [2.75, 3.05) is 12.4 Å². The molecule has 37 heavy (non-hydrogen) atoms. The van der Waals surface area contributed by atoms with Crippen LogP contribution in [0.5, 0.6) is 0 Å². The number of piperidine rings is 1. The molecule has 0 spiro atoms. The molecule has 0 radical (unpaired) electrons. The Morgan fingerprint density at radius 2 is 2.03 bits per heavy atom. The normalized spacial score (nSPS) is 17.1. The Morgan fingerprint density at radius 3 is 2.76 bits per heavy atom. The number of aliphatic imine (C=N–C) groups is 1. The van der Waals surface area contributed by atoms with Crippen LogP contribution in [0.4, 0.5) is 5.69 Å². The minimum Gasteiger partial charge on any atom is -0.481 e. The van der Waals surface area contributed by atoms with Gasteiger partial charge < -0.3 is 20.7 Å². The Balaban J connectivity index is 1.45. The van der Waals surface area contributed by atoms with Crippen molar-refractivity contribution in [3.63, 3.8) is 0 Å². The minimum absolute atomic E-state index is 0.226. The number of carbonyl (C=O) groups is 3. The number of amides is 3. The highest BCUT2D eigenvalue weighted by molar-refractivity contribution is 6.30. The van der Waals surface area contributed by atoms with Crippen LogP contribution in [-0.4, -0.2) is 30.7 Å². The number of anilines is 1. The third-order valence-electron chi connectivity index (χ3n) is 6.43. The van der Waals surface area contributed by atoms with Crippen molar-refractivity contribution in [2.45, 2.75) is 39.7 Å². The molecule has 0 saturated carbocycles. The van der Waals surface area contributed by atoms with Crippen molar-refractivity contribution < 1.29 is 19.1 Å². The highest BCUT2D eigenvalue weighted by Crippen LogP contribution is 2.28. The fourth-order valence-electron chi connectivity index (χ4n) is 4.23. The first-order valence-corrected chi connectivity index (χ1v) is 12.5. The number of carbonyl (C=O) groups excluding carboxylic acids is 3. The second-order valence-corrected chi connectivity index (χ2v) is 9.37. The average Bonchev–Trinajstić information content (AvgIpc) is 3.06. The number of amidine groups is 1. The van der Waals surface area contributed by atoms with Crippen LogP contribution in [0.1, 0.15) is 47.7 Å². The Kier molecular flexibility index (Phi) is 8.08. The van der Waals surface area contributed by atoms with E-state index in [-0.39, 0.29) is 12.3 Å². The number of fused-ring (bicyclic) bond motifs is 1. The maximum absolute atomic E-state index is 13.2. The van der Waals surface area contributed by atoms with E-state index in [2.05, 4.69) is 20.9 Å². The topological polar surface area (TPSA) is 109 Å². The first-order valence-electron chi connectivity index (χ1n) is 12.1. The molecule has 2 aromatic carbocycles. The number of allylic oxidation sites excluding steroid dienone is 2. The van der Waals surface area contributed by atoms with E-state index in [4.69, 9.17) is 16.3 Å². The van der Waals surface area contributed by atoms with Crippen molar-refractivity contribution in [1.29, 1.82) is 0 Å². The Hall–Kier alpha value is -3.91. The molecule has 8 nitrogen and oxygen atoms in total. The van der Waals surface area contributed by atoms with Crippen LogP contribution in [0.2, 0.25) is 5.02 Å². The molecule has 9 heteroatoms. The standard InChI is InChI=1S/C28H29ClN4O4/c1-4-18-10-11-19-13-22(27(36)32-24(19)33-28(18)37-3)26(35)31-23-14-20(9-8-16(23)2)25(34)30-15-17-6-5-7-21(29)12-17/h5-9,11-12,14,22H,4,10,13,15H2,1-3H3,(H,30,34)(H,31,35)(H,32,33,36). The molecule has 1 unspecified atom stereocenters. The molecular weight excluding hydrogens is 492 g/mol. The van der Waals surface area contributed by atoms with Gasteiger partial charge in [-0.05, 0) is 72.7 Å². The lowest BCUT2D eigenvalue weighted by molar-refractivity contribution is -0.131. The zero-order chi connectivity index (χ0) is 26.5. The van der Waals surface area contributed by atoms with Gasteiger partial charge >= 0.3 is 0 Å². The number of nitrogens with one attached hydrogen (secondary N) is 3. The summed E-state index contributed by atoms with van der Waals surface area (Å²) in [5.74, 6) is -1.19. The van der Waals surface area contributed by atoms with Gasteiger partial charge in [0.25, 0.3) is 5.91 Å². The molecule has 1 saturated heterocycles. The molecule has 3 N–H and O–H groups in total. The molecular formula is C28H29ClN4O4. The Morgan fingerprint density at radius 1 is 1.22 bits per heavy atom. The monoisotopic (exact) mass is 520 g/mol. The molecule has 0 aromatic heterocycles. The first-order chi connectivity index (χ1) is 17.8. The first kappa shape index (κ1) is 26.2. The highest BCUT2D eigenvalue weighted by atomic mass is 35.5. The van der Waals surface area contributed by atoms with Crippen LogP contribution in [0.25, 0.3) is 0 Å². The van der Waals surface area contributed by atoms with E-state index in [0.717, 1.165) is 28.7 Å². The Labute approximate surface area is 220 Å². The van der Waals surface area contributed by atoms with Gasteiger partial charge in [-0.25, -0.2) is 0 Å². The SMILES string of the molecule is CCC1=C(OC)N=C2NC(=O)C(C(=O)Nc3cc(C(=O)NCc4cccc(Cl)c4)ccc3C)CC2=CC1. The molecule has 1 fully saturated rings. The number of halogens is 1. The van der Waals surface area contributed by atoms with E-state index in [1.165, 1.54) is 0 Å². The predicted molar refractivity (Wildman–Crippen MR) is 143 cm³/mol. The third kappa shape index (κ3) is 6.09. The van der Waals surface area contributed by atoms with E-state index in [1.807, 2.05) is 32.1 Å². The third-order valence-corrected chi connectivity index (χ3v) is 6.67. The maximum Gasteiger partial charge on any atom is 0.251 e. The van der Waals surface area contributed by atoms with Gasteiger partial charge in [-0.2, -0.15) is 4.99 Å². The highest BCUT2D eigenvalue weighted by Gasteiger charge is 2.35. The average molecular weight is 521 g/mol. The summed E-state index contributed by atoms with van der Waals surface area (Å²) >= 11 is 6.01. The van der Waals surface area contributed by atoms with Gasteiger partial charge in [-0.1, -0.05) is 42.8 Å². The lowest BCUT2D eigenvalue weighted by Gasteiger charge is -2.25. The number of hydrogen-bond acceptors (Lipinski definition) is 5. The van der Waals surface area contributed by atoms with Crippen molar-refractivity contribution >= 4 is 40.8 Å². The van der Waals surface area contributed by atoms with Gasteiger partial charge in [0, 0.05) is 22.8 Å². The van der Waals surface area contributed by atoms with E-state index in [9.17, 15) is 14.4 Å². The van der Waals surface area contributed by atoms with Crippen LogP contribution in [0, 0.1) is 12.8 Å². The summed E-state index contributed by atoms with van der Waals surface area (Å²) in [7, 11) is 1.55. The fourth-order valence-corrected chi connectivity index (χ4v) is 4.45. The number of nitrogens with zero attached hydrogens (tertiary/aromatic N) is 1. The molecule has 4 rings (SSSR count). The molecule has 2 aliphatic rings. The molecule has 2 aromatic rings. The zero-order valence-electron chi connectivity index (χ0n) is 21.0. The van der Waals surface area contributed by atoms with Gasteiger partial charge in [-0.15, -0.1) is 0 Å². The maximum atomic E-state index is 13.2. The van der Waals surface area contributed by atoms with Gasteiger partial charge in [0.05, 0.1) is 7.11 Å². The van der Waals surface area contributed by atoms with E-state index in [0.29, 0.717) is 41.0 Å². The predicted octanol–water partition coefficient (Wildman–Crippen LogP) is 4.65. The molecule has 192 valence electrons. The van der Waals surface area contributed by atoms with Crippen molar-refractivity contribution in [1.82, 2.24) is 10.6 Å². The number of hydrogen-bond donors (Lipinski definition) is 3. The van der Waals surface area contributed by atoms with Gasteiger partial charge in [0.15, 0.2) is 0 Å². The number of rotatable bonds is 7. The second-order valence-electron chi connectivity index (χ2n) is 8.94. The summed E-state index contributed by atoms with van der Waals surface area (Å²) in [6, 6.07) is 12.3. The van der Waals surface area contributed by atoms with Crippen molar-refractivity contribution in [2.24, 2.45) is 10.9 Å². The van der Waals surface area contributed by atoms with Gasteiger partial charge in [0.1, 0.15) is 11.8 Å². The second kappa shape index (κ2) is 11.4. The number of aryl methyl sites for hydroxylation is 1. The number of methoxy groups -OCH3 is 1. The molecule has 1 atom stereocenters. The molecule has 0 aliphatic carbocycles. The smallest absolute Gasteiger partial charge is 0.251 e. The summed E-state index contributed by atoms with van der Waals surface area (Å²) in [6.45, 7) is 4.16. The van der Waals surface area contributed by atoms with Crippen LogP contribution in [-0.2, 0) is 20.9 Å². The van der Waals surface area contributed by atoms with Gasteiger partial charge in [0.2, 0.25) is 17.7 Å². The van der Waals surface area contributed by atoms with E-state index in [1.54, 1.807) is 37.4 Å². The van der Waals surface area contributed by atoms with Gasteiger partial charge in [-0.3, -0.25) is 14.4 Å². The van der Waals surface area contributed by atoms with Crippen LogP contribution >= 0.6 is 11.6 Å². The van der Waals surface area contributed by atoms with Crippen molar-refractivity contribution in [3.8, 4) is 0 Å². The fraction of sp³-hybridized carbons (Fsp3) is 0.286. The van der Waals surface area contributed by atoms with E-state index < -0.39 is 17.7 Å². The van der Waals surface area contributed by atoms with E-state index >= 15 is 0 Å². The van der Waals surface area contributed by atoms with Crippen LogP contribution in [0.3, 0.4) is 0 Å². The summed E-state index contributed by atoms with van der Waals surface area (Å²) < 4.78 is 5.39. The lowest BCUT2D eigenvalue weighted by Crippen LogP contribution is -2.47. The summed E-state index contributed by atoms with van der Waals surface area (Å²) in [5.41, 5.74) is 4.32. The summed E-state index contributed by atoms with van der Waals surface area (Å²) in [5, 5.41) is 9.05. The summed E-state index contributed by atoms with van der Waals surface area (Å²) in [6.07, 6.45) is 3.62. The largest absolute Gasteiger partial charge is 0.481 e. The quantitative estimate of drug-likeness (QED) is 0.462. The van der Waals surface area contributed by atoms with Crippen LogP contribution < -0.4 is 16.0 Å². The number of benzene rings is 2. The Bertz CT molecular complexity index is 1350.